The van der Waals surface area contributed by atoms with Gasteiger partial charge in [-0.15, -0.1) is 0 Å². The average Bonchev–Trinajstić information content (AvgIpc) is 2.73. The zero-order chi connectivity index (χ0) is 11.7. The quantitative estimate of drug-likeness (QED) is 0.624. The largest absolute Gasteiger partial charge is 0.310 e. The number of nitro benzene ring substituents is 1. The van der Waals surface area contributed by atoms with Crippen molar-refractivity contribution in [1.82, 2.24) is 5.32 Å². The molecule has 0 amide bonds. The van der Waals surface area contributed by atoms with Crippen LogP contribution in [0.2, 0.25) is 0 Å². The van der Waals surface area contributed by atoms with Crippen LogP contribution < -0.4 is 5.32 Å². The maximum atomic E-state index is 13.7. The Morgan fingerprint density at radius 3 is 2.75 bits per heavy atom. The van der Waals surface area contributed by atoms with Gasteiger partial charge in [0.15, 0.2) is 0 Å². The molecule has 0 bridgehead atoms. The molecule has 1 aromatic rings. The molecule has 1 aliphatic rings. The molecule has 0 radical (unpaired) electrons. The van der Waals surface area contributed by atoms with E-state index >= 15 is 0 Å². The smallest absolute Gasteiger partial charge is 0.308 e. The van der Waals surface area contributed by atoms with E-state index in [9.17, 15) is 18.9 Å². The summed E-state index contributed by atoms with van der Waals surface area (Å²) in [5.74, 6) is -1.72. The second kappa shape index (κ2) is 4.13. The van der Waals surface area contributed by atoms with Crippen LogP contribution in [0.3, 0.4) is 0 Å². The minimum atomic E-state index is -0.939. The Hall–Kier alpha value is -1.56. The van der Waals surface area contributed by atoms with Gasteiger partial charge in [-0.1, -0.05) is 0 Å². The predicted molar refractivity (Wildman–Crippen MR) is 53.0 cm³/mol. The number of nitrogens with zero attached hydrogens (tertiary/aromatic N) is 1. The molecule has 6 heteroatoms. The van der Waals surface area contributed by atoms with Gasteiger partial charge >= 0.3 is 5.69 Å². The molecule has 1 saturated heterocycles. The van der Waals surface area contributed by atoms with Gasteiger partial charge in [-0.05, 0) is 25.5 Å². The van der Waals surface area contributed by atoms with Crippen LogP contribution in [0, 0.1) is 21.7 Å². The van der Waals surface area contributed by atoms with Gasteiger partial charge in [0.2, 0.25) is 5.82 Å². The third-order valence-electron chi connectivity index (χ3n) is 2.68. The molecule has 4 nitrogen and oxygen atoms in total. The molecule has 1 aliphatic heterocycles. The van der Waals surface area contributed by atoms with Crippen molar-refractivity contribution in [2.45, 2.75) is 18.9 Å². The zero-order valence-corrected chi connectivity index (χ0v) is 8.37. The van der Waals surface area contributed by atoms with Crippen molar-refractivity contribution in [2.75, 3.05) is 6.54 Å². The summed E-state index contributed by atoms with van der Waals surface area (Å²) in [6, 6.07) is 1.30. The van der Waals surface area contributed by atoms with Gasteiger partial charge in [-0.3, -0.25) is 10.1 Å². The monoisotopic (exact) mass is 228 g/mol. The van der Waals surface area contributed by atoms with E-state index in [0.29, 0.717) is 19.0 Å². The molecular formula is C10H10F2N2O2. The molecule has 1 unspecified atom stereocenters. The molecule has 1 aromatic carbocycles. The van der Waals surface area contributed by atoms with Gasteiger partial charge in [0, 0.05) is 11.6 Å². The first-order valence-electron chi connectivity index (χ1n) is 4.96. The van der Waals surface area contributed by atoms with Crippen LogP contribution in [-0.4, -0.2) is 11.5 Å². The number of nitrogens with one attached hydrogen (secondary N) is 1. The molecule has 0 spiro atoms. The molecule has 86 valence electrons. The number of hydrogen-bond acceptors (Lipinski definition) is 3. The van der Waals surface area contributed by atoms with Gasteiger partial charge in [0.25, 0.3) is 0 Å². The third-order valence-corrected chi connectivity index (χ3v) is 2.68. The minimum absolute atomic E-state index is 0.0456. The van der Waals surface area contributed by atoms with Crippen molar-refractivity contribution in [1.29, 1.82) is 0 Å². The van der Waals surface area contributed by atoms with Crippen molar-refractivity contribution in [3.63, 3.8) is 0 Å². The van der Waals surface area contributed by atoms with Gasteiger partial charge in [-0.25, -0.2) is 4.39 Å². The van der Waals surface area contributed by atoms with Crippen LogP contribution in [0.1, 0.15) is 24.4 Å². The summed E-state index contributed by atoms with van der Waals surface area (Å²) >= 11 is 0. The van der Waals surface area contributed by atoms with E-state index in [1.165, 1.54) is 0 Å². The number of halogens is 2. The van der Waals surface area contributed by atoms with E-state index in [-0.39, 0.29) is 11.6 Å². The van der Waals surface area contributed by atoms with E-state index in [0.717, 1.165) is 12.5 Å². The highest BCUT2D eigenvalue weighted by Crippen LogP contribution is 2.30. The lowest BCUT2D eigenvalue weighted by Gasteiger charge is -2.11. The lowest BCUT2D eigenvalue weighted by molar-refractivity contribution is -0.387. The zero-order valence-electron chi connectivity index (χ0n) is 8.37. The minimum Gasteiger partial charge on any atom is -0.310 e. The van der Waals surface area contributed by atoms with Gasteiger partial charge in [-0.2, -0.15) is 4.39 Å². The molecule has 0 saturated carbocycles. The van der Waals surface area contributed by atoms with Crippen molar-refractivity contribution in [3.05, 3.63) is 39.4 Å². The summed E-state index contributed by atoms with van der Waals surface area (Å²) in [5, 5.41) is 13.5. The third kappa shape index (κ3) is 1.88. The first-order chi connectivity index (χ1) is 7.59. The molecule has 1 atom stereocenters. The number of nitro groups is 1. The Morgan fingerprint density at radius 2 is 2.19 bits per heavy atom. The van der Waals surface area contributed by atoms with Crippen molar-refractivity contribution < 1.29 is 13.7 Å². The Labute approximate surface area is 90.4 Å². The molecule has 1 heterocycles. The van der Waals surface area contributed by atoms with Crippen molar-refractivity contribution >= 4 is 5.69 Å². The first kappa shape index (κ1) is 10.9. The number of hydrogen-bond donors (Lipinski definition) is 1. The highest BCUT2D eigenvalue weighted by Gasteiger charge is 2.26. The highest BCUT2D eigenvalue weighted by atomic mass is 19.1. The maximum Gasteiger partial charge on any atom is 0.308 e. The van der Waals surface area contributed by atoms with E-state index in [2.05, 4.69) is 5.32 Å². The van der Waals surface area contributed by atoms with Crippen LogP contribution in [-0.2, 0) is 0 Å². The normalized spacial score (nSPS) is 20.0. The Morgan fingerprint density at radius 1 is 1.44 bits per heavy atom. The molecule has 16 heavy (non-hydrogen) atoms. The second-order valence-electron chi connectivity index (χ2n) is 3.73. The van der Waals surface area contributed by atoms with E-state index < -0.39 is 22.2 Å². The fraction of sp³-hybridized carbons (Fsp3) is 0.400. The number of rotatable bonds is 2. The lowest BCUT2D eigenvalue weighted by atomic mass is 10.0. The Kier molecular flexibility index (Phi) is 2.82. The fourth-order valence-electron chi connectivity index (χ4n) is 1.93. The number of benzene rings is 1. The summed E-state index contributed by atoms with van der Waals surface area (Å²) in [5.41, 5.74) is -0.757. The summed E-state index contributed by atoms with van der Waals surface area (Å²) in [7, 11) is 0. The first-order valence-corrected chi connectivity index (χ1v) is 4.96. The van der Waals surface area contributed by atoms with E-state index in [4.69, 9.17) is 0 Å². The van der Waals surface area contributed by atoms with Crippen molar-refractivity contribution in [3.8, 4) is 0 Å². The SMILES string of the molecule is O=[N+]([O-])c1cc(F)cc(C2CCCN2)c1F. The molecule has 1 fully saturated rings. The molecule has 0 aromatic heterocycles. The summed E-state index contributed by atoms with van der Waals surface area (Å²) in [6.07, 6.45) is 1.52. The maximum absolute atomic E-state index is 13.7. The van der Waals surface area contributed by atoms with Crippen LogP contribution in [0.4, 0.5) is 14.5 Å². The van der Waals surface area contributed by atoms with E-state index in [1.54, 1.807) is 0 Å². The van der Waals surface area contributed by atoms with Crippen LogP contribution >= 0.6 is 0 Å². The fourth-order valence-corrected chi connectivity index (χ4v) is 1.93. The molecule has 0 aliphatic carbocycles. The molecule has 2 rings (SSSR count). The predicted octanol–water partition coefficient (Wildman–Crippen LogP) is 2.30. The summed E-state index contributed by atoms with van der Waals surface area (Å²) in [6.45, 7) is 0.717. The Balaban J connectivity index is 2.47. The standard InChI is InChI=1S/C10H10F2N2O2/c11-6-4-7(8-2-1-3-13-8)10(12)9(5-6)14(15)16/h4-5,8,13H,1-3H2. The average molecular weight is 228 g/mol. The summed E-state index contributed by atoms with van der Waals surface area (Å²) < 4.78 is 26.8. The van der Waals surface area contributed by atoms with Crippen molar-refractivity contribution in [2.24, 2.45) is 0 Å². The van der Waals surface area contributed by atoms with Gasteiger partial charge in [0.1, 0.15) is 5.82 Å². The molecular weight excluding hydrogens is 218 g/mol. The van der Waals surface area contributed by atoms with Crippen LogP contribution in [0.15, 0.2) is 12.1 Å². The van der Waals surface area contributed by atoms with E-state index in [1.807, 2.05) is 0 Å². The van der Waals surface area contributed by atoms with Crippen LogP contribution in [0.5, 0.6) is 0 Å². The lowest BCUT2D eigenvalue weighted by Crippen LogP contribution is -2.15. The topological polar surface area (TPSA) is 55.2 Å². The van der Waals surface area contributed by atoms with Crippen LogP contribution in [0.25, 0.3) is 0 Å². The van der Waals surface area contributed by atoms with Gasteiger partial charge < -0.3 is 5.32 Å². The Bertz CT molecular complexity index is 431. The molecule has 1 N–H and O–H groups in total. The summed E-state index contributed by atoms with van der Waals surface area (Å²) in [4.78, 5) is 9.61. The second-order valence-corrected chi connectivity index (χ2v) is 3.73. The highest BCUT2D eigenvalue weighted by molar-refractivity contribution is 5.39. The van der Waals surface area contributed by atoms with Gasteiger partial charge in [0.05, 0.1) is 11.0 Å².